The van der Waals surface area contributed by atoms with Crippen LogP contribution >= 0.6 is 0 Å². The molecule has 0 bridgehead atoms. The third-order valence-electron chi connectivity index (χ3n) is 5.50. The SMILES string of the molecule is Cc1cc(C)c(Oc2nc(-c3ccccc3F)ccc2C(=O)CS(=O)(=O)c2cccc(N)n2)c(C)c1. The van der Waals surface area contributed by atoms with Crippen molar-refractivity contribution in [3.63, 3.8) is 0 Å². The molecule has 184 valence electrons. The molecule has 2 aromatic carbocycles. The molecule has 0 aliphatic rings. The summed E-state index contributed by atoms with van der Waals surface area (Å²) in [6.07, 6.45) is 0. The summed E-state index contributed by atoms with van der Waals surface area (Å²) in [5, 5.41) is -0.306. The number of aryl methyl sites for hydroxylation is 3. The average Bonchev–Trinajstić information content (AvgIpc) is 2.81. The summed E-state index contributed by atoms with van der Waals surface area (Å²) in [5.41, 5.74) is 8.65. The van der Waals surface area contributed by atoms with Gasteiger partial charge in [-0.1, -0.05) is 35.9 Å². The van der Waals surface area contributed by atoms with Gasteiger partial charge in [-0.25, -0.2) is 22.8 Å². The van der Waals surface area contributed by atoms with Gasteiger partial charge >= 0.3 is 0 Å². The van der Waals surface area contributed by atoms with Gasteiger partial charge in [0.1, 0.15) is 23.1 Å². The summed E-state index contributed by atoms with van der Waals surface area (Å²) in [6.45, 7) is 5.66. The summed E-state index contributed by atoms with van der Waals surface area (Å²) in [7, 11) is -4.09. The van der Waals surface area contributed by atoms with Crippen molar-refractivity contribution in [2.45, 2.75) is 25.8 Å². The second-order valence-corrected chi connectivity index (χ2v) is 10.4. The number of hydrogen-bond donors (Lipinski definition) is 1. The minimum Gasteiger partial charge on any atom is -0.438 e. The first-order valence-electron chi connectivity index (χ1n) is 11.1. The Morgan fingerprint density at radius 2 is 1.64 bits per heavy atom. The number of nitrogens with zero attached hydrogens (tertiary/aromatic N) is 2. The van der Waals surface area contributed by atoms with Crippen LogP contribution in [0.3, 0.4) is 0 Å². The van der Waals surface area contributed by atoms with Gasteiger partial charge in [-0.3, -0.25) is 4.79 Å². The smallest absolute Gasteiger partial charge is 0.230 e. The van der Waals surface area contributed by atoms with Gasteiger partial charge in [-0.05, 0) is 68.3 Å². The zero-order chi connectivity index (χ0) is 26.0. The number of benzene rings is 2. The van der Waals surface area contributed by atoms with Crippen molar-refractivity contribution >= 4 is 21.4 Å². The number of anilines is 1. The maximum atomic E-state index is 14.5. The lowest BCUT2D eigenvalue weighted by Gasteiger charge is -2.16. The number of aromatic nitrogens is 2. The van der Waals surface area contributed by atoms with Crippen molar-refractivity contribution in [3.8, 4) is 22.9 Å². The van der Waals surface area contributed by atoms with Crippen molar-refractivity contribution in [1.29, 1.82) is 0 Å². The van der Waals surface area contributed by atoms with Gasteiger partial charge in [0.25, 0.3) is 0 Å². The molecule has 2 N–H and O–H groups in total. The predicted octanol–water partition coefficient (Wildman–Crippen LogP) is 5.24. The molecule has 0 amide bonds. The molecule has 2 heterocycles. The van der Waals surface area contributed by atoms with Crippen molar-refractivity contribution < 1.29 is 22.3 Å². The molecule has 4 aromatic rings. The van der Waals surface area contributed by atoms with E-state index in [1.54, 1.807) is 18.2 Å². The van der Waals surface area contributed by atoms with Gasteiger partial charge < -0.3 is 10.5 Å². The van der Waals surface area contributed by atoms with Crippen molar-refractivity contribution in [2.75, 3.05) is 11.5 Å². The summed E-state index contributed by atoms with van der Waals surface area (Å²) in [4.78, 5) is 21.5. The summed E-state index contributed by atoms with van der Waals surface area (Å²) in [5.74, 6) is -1.72. The van der Waals surface area contributed by atoms with Crippen LogP contribution in [0.2, 0.25) is 0 Å². The lowest BCUT2D eigenvalue weighted by molar-refractivity contribution is 0.101. The lowest BCUT2D eigenvalue weighted by Crippen LogP contribution is -2.19. The first-order valence-corrected chi connectivity index (χ1v) is 12.7. The minimum atomic E-state index is -4.09. The van der Waals surface area contributed by atoms with Gasteiger partial charge in [-0.2, -0.15) is 0 Å². The quantitative estimate of drug-likeness (QED) is 0.342. The van der Waals surface area contributed by atoms with Gasteiger partial charge in [0.05, 0.1) is 11.3 Å². The molecular weight excluding hydrogens is 481 g/mol. The van der Waals surface area contributed by atoms with Gasteiger partial charge in [0.2, 0.25) is 15.7 Å². The number of ether oxygens (including phenoxy) is 1. The maximum absolute atomic E-state index is 14.5. The van der Waals surface area contributed by atoms with E-state index in [-0.39, 0.29) is 33.5 Å². The van der Waals surface area contributed by atoms with Gasteiger partial charge in [0, 0.05) is 5.56 Å². The Morgan fingerprint density at radius 1 is 0.944 bits per heavy atom. The highest BCUT2D eigenvalue weighted by atomic mass is 32.2. The van der Waals surface area contributed by atoms with Gasteiger partial charge in [-0.15, -0.1) is 0 Å². The van der Waals surface area contributed by atoms with Crippen LogP contribution in [-0.4, -0.2) is 29.9 Å². The number of carbonyl (C=O) groups excluding carboxylic acids is 1. The number of rotatable bonds is 7. The van der Waals surface area contributed by atoms with Crippen molar-refractivity contribution in [2.24, 2.45) is 0 Å². The van der Waals surface area contributed by atoms with Crippen molar-refractivity contribution in [3.05, 3.63) is 94.8 Å². The molecule has 36 heavy (non-hydrogen) atoms. The number of pyridine rings is 2. The van der Waals surface area contributed by atoms with E-state index in [0.29, 0.717) is 5.75 Å². The largest absolute Gasteiger partial charge is 0.438 e. The third kappa shape index (κ3) is 5.26. The molecule has 9 heteroatoms. The Hall–Kier alpha value is -4.11. The zero-order valence-electron chi connectivity index (χ0n) is 19.9. The second kappa shape index (κ2) is 9.87. The normalized spacial score (nSPS) is 11.3. The van der Waals surface area contributed by atoms with E-state index in [2.05, 4.69) is 9.97 Å². The van der Waals surface area contributed by atoms with E-state index in [0.717, 1.165) is 16.7 Å². The number of Topliss-reactive ketones (excluding diaryl/α,β-unsaturated/α-hetero) is 1. The van der Waals surface area contributed by atoms with Crippen LogP contribution in [0, 0.1) is 26.6 Å². The van der Waals surface area contributed by atoms with Crippen LogP contribution in [0.1, 0.15) is 27.0 Å². The molecule has 0 aliphatic heterocycles. The highest BCUT2D eigenvalue weighted by Crippen LogP contribution is 2.33. The Kier molecular flexibility index (Phi) is 6.85. The van der Waals surface area contributed by atoms with E-state index in [9.17, 15) is 17.6 Å². The fraction of sp³-hybridized carbons (Fsp3) is 0.148. The van der Waals surface area contributed by atoms with Crippen LogP contribution in [0.4, 0.5) is 10.2 Å². The number of halogens is 1. The standard InChI is InChI=1S/C27H24FN3O4S/c1-16-13-17(2)26(18(3)14-16)35-27-20(11-12-22(30-27)19-7-4-5-8-21(19)28)23(32)15-36(33,34)25-10-6-9-24(29)31-25/h4-14H,15H2,1-3H3,(H2,29,31). The summed E-state index contributed by atoms with van der Waals surface area (Å²) >= 11 is 0. The zero-order valence-corrected chi connectivity index (χ0v) is 20.8. The summed E-state index contributed by atoms with van der Waals surface area (Å²) < 4.78 is 46.3. The first kappa shape index (κ1) is 25.0. The molecular formula is C27H24FN3O4S. The topological polar surface area (TPSA) is 112 Å². The van der Waals surface area contributed by atoms with E-state index < -0.39 is 27.2 Å². The minimum absolute atomic E-state index is 0.0220. The van der Waals surface area contributed by atoms with Crippen LogP contribution < -0.4 is 10.5 Å². The predicted molar refractivity (Wildman–Crippen MR) is 135 cm³/mol. The monoisotopic (exact) mass is 505 g/mol. The summed E-state index contributed by atoms with van der Waals surface area (Å²) in [6, 6.07) is 16.9. The Labute approximate surface area is 208 Å². The third-order valence-corrected chi connectivity index (χ3v) is 7.01. The number of ketones is 1. The highest BCUT2D eigenvalue weighted by Gasteiger charge is 2.26. The highest BCUT2D eigenvalue weighted by molar-refractivity contribution is 7.92. The molecule has 0 radical (unpaired) electrons. The number of nitrogens with two attached hydrogens (primary N) is 1. The van der Waals surface area contributed by atoms with Crippen LogP contribution in [0.25, 0.3) is 11.3 Å². The Morgan fingerprint density at radius 3 is 2.31 bits per heavy atom. The lowest BCUT2D eigenvalue weighted by atomic mass is 10.1. The number of sulfone groups is 1. The molecule has 0 atom stereocenters. The van der Waals surface area contributed by atoms with Crippen LogP contribution in [0.15, 0.2) is 71.8 Å². The fourth-order valence-corrected chi connectivity index (χ4v) is 5.08. The number of carbonyl (C=O) groups is 1. The fourth-order valence-electron chi connectivity index (χ4n) is 3.90. The Bertz CT molecular complexity index is 1560. The number of nitrogen functional groups attached to an aromatic ring is 1. The molecule has 0 unspecified atom stereocenters. The first-order chi connectivity index (χ1) is 17.0. The molecule has 0 aliphatic carbocycles. The van der Waals surface area contributed by atoms with E-state index in [1.807, 2.05) is 32.9 Å². The average molecular weight is 506 g/mol. The molecule has 7 nitrogen and oxygen atoms in total. The van der Waals surface area contributed by atoms with E-state index in [4.69, 9.17) is 10.5 Å². The molecule has 0 fully saturated rings. The molecule has 2 aromatic heterocycles. The van der Waals surface area contributed by atoms with Crippen molar-refractivity contribution in [1.82, 2.24) is 9.97 Å². The van der Waals surface area contributed by atoms with Crippen LogP contribution in [0.5, 0.6) is 11.6 Å². The molecule has 0 spiro atoms. The van der Waals surface area contributed by atoms with E-state index >= 15 is 0 Å². The number of hydrogen-bond acceptors (Lipinski definition) is 7. The van der Waals surface area contributed by atoms with E-state index in [1.165, 1.54) is 36.4 Å². The van der Waals surface area contributed by atoms with Crippen LogP contribution in [-0.2, 0) is 9.84 Å². The Balaban J connectivity index is 1.79. The maximum Gasteiger partial charge on any atom is 0.230 e. The molecule has 4 rings (SSSR count). The second-order valence-electron chi connectivity index (χ2n) is 8.44. The molecule has 0 saturated heterocycles. The molecule has 0 saturated carbocycles. The van der Waals surface area contributed by atoms with Gasteiger partial charge in [0.15, 0.2) is 10.8 Å².